The predicted octanol–water partition coefficient (Wildman–Crippen LogP) is 4.22. The highest BCUT2D eigenvalue weighted by atomic mass is 16.3. The third-order valence-corrected chi connectivity index (χ3v) is 4.84. The highest BCUT2D eigenvalue weighted by Crippen LogP contribution is 2.34. The fourth-order valence-electron chi connectivity index (χ4n) is 4.19. The van der Waals surface area contributed by atoms with Gasteiger partial charge in [0.2, 0.25) is 6.67 Å². The lowest BCUT2D eigenvalue weighted by Crippen LogP contribution is -2.49. The minimum Gasteiger partial charge on any atom is -0.389 e. The van der Waals surface area contributed by atoms with E-state index in [1.165, 1.54) is 33.4 Å². The van der Waals surface area contributed by atoms with Gasteiger partial charge in [0.15, 0.2) is 0 Å². The molecule has 2 aromatic carbocycles. The molecule has 1 aliphatic heterocycles. The van der Waals surface area contributed by atoms with E-state index in [0.717, 1.165) is 11.4 Å². The fourth-order valence-corrected chi connectivity index (χ4v) is 4.19. The molecule has 0 aliphatic carbocycles. The summed E-state index contributed by atoms with van der Waals surface area (Å²) in [7, 11) is 0. The van der Waals surface area contributed by atoms with Crippen molar-refractivity contribution >= 4 is 11.4 Å². The van der Waals surface area contributed by atoms with Crippen LogP contribution < -0.4 is 9.80 Å². The number of nitrogens with zero attached hydrogens (tertiary/aromatic N) is 2. The second-order valence-corrected chi connectivity index (χ2v) is 7.47. The first-order valence-corrected chi connectivity index (χ1v) is 8.91. The van der Waals surface area contributed by atoms with Crippen molar-refractivity contribution in [1.29, 1.82) is 0 Å². The SMILES string of the molecule is Cc1cc(C)c(N2[C]N(c3c(C)cc(C)cc3C)CC(O)C2)c(C)c1. The van der Waals surface area contributed by atoms with Crippen LogP contribution in [0.2, 0.25) is 0 Å². The van der Waals surface area contributed by atoms with Crippen LogP contribution >= 0.6 is 0 Å². The minimum atomic E-state index is -0.415. The van der Waals surface area contributed by atoms with Gasteiger partial charge in [0, 0.05) is 24.5 Å². The number of hydrogen-bond acceptors (Lipinski definition) is 3. The molecule has 1 fully saturated rings. The smallest absolute Gasteiger partial charge is 0.208 e. The molecular weight excluding hydrogens is 308 g/mol. The van der Waals surface area contributed by atoms with Gasteiger partial charge in [-0.2, -0.15) is 0 Å². The molecule has 2 radical (unpaired) electrons. The lowest BCUT2D eigenvalue weighted by Gasteiger charge is -2.41. The molecule has 1 saturated heterocycles. The molecule has 3 heteroatoms. The Labute approximate surface area is 151 Å². The molecular formula is C22H28N2O. The number of aryl methyl sites for hydroxylation is 6. The summed E-state index contributed by atoms with van der Waals surface area (Å²) in [5, 5.41) is 10.5. The van der Waals surface area contributed by atoms with E-state index in [2.05, 4.69) is 82.3 Å². The molecule has 0 spiro atoms. The Hall–Kier alpha value is -2.00. The lowest BCUT2D eigenvalue weighted by atomic mass is 10.0. The van der Waals surface area contributed by atoms with Crippen LogP contribution in [0.3, 0.4) is 0 Å². The molecule has 0 bridgehead atoms. The van der Waals surface area contributed by atoms with Crippen LogP contribution in [0.25, 0.3) is 0 Å². The quantitative estimate of drug-likeness (QED) is 0.889. The number of aliphatic hydroxyl groups excluding tert-OH is 1. The largest absolute Gasteiger partial charge is 0.389 e. The zero-order chi connectivity index (χ0) is 18.3. The summed E-state index contributed by atoms with van der Waals surface area (Å²) >= 11 is 0. The fraction of sp³-hybridized carbons (Fsp3) is 0.409. The van der Waals surface area contributed by atoms with Crippen LogP contribution in [0.4, 0.5) is 11.4 Å². The van der Waals surface area contributed by atoms with Gasteiger partial charge < -0.3 is 14.9 Å². The van der Waals surface area contributed by atoms with Crippen molar-refractivity contribution in [3.8, 4) is 0 Å². The second-order valence-electron chi connectivity index (χ2n) is 7.47. The molecule has 0 unspecified atom stereocenters. The zero-order valence-corrected chi connectivity index (χ0v) is 16.1. The van der Waals surface area contributed by atoms with E-state index >= 15 is 0 Å². The van der Waals surface area contributed by atoms with Crippen LogP contribution in [0.15, 0.2) is 24.3 Å². The van der Waals surface area contributed by atoms with Crippen LogP contribution in [-0.2, 0) is 0 Å². The Bertz CT molecular complexity index is 685. The van der Waals surface area contributed by atoms with Gasteiger partial charge in [-0.05, 0) is 63.8 Å². The molecule has 0 amide bonds. The van der Waals surface area contributed by atoms with Gasteiger partial charge in [-0.1, -0.05) is 35.4 Å². The van der Waals surface area contributed by atoms with E-state index < -0.39 is 6.10 Å². The van der Waals surface area contributed by atoms with Crippen molar-refractivity contribution in [3.05, 3.63) is 64.3 Å². The third-order valence-electron chi connectivity index (χ3n) is 4.84. The number of benzene rings is 2. The molecule has 132 valence electrons. The Morgan fingerprint density at radius 3 is 1.36 bits per heavy atom. The van der Waals surface area contributed by atoms with E-state index in [-0.39, 0.29) is 0 Å². The van der Waals surface area contributed by atoms with E-state index in [4.69, 9.17) is 0 Å². The van der Waals surface area contributed by atoms with Gasteiger partial charge in [0.25, 0.3) is 0 Å². The first-order chi connectivity index (χ1) is 11.8. The van der Waals surface area contributed by atoms with Crippen LogP contribution in [0.5, 0.6) is 0 Å². The molecule has 0 aromatic heterocycles. The highest BCUT2D eigenvalue weighted by molar-refractivity contribution is 5.67. The molecule has 1 N–H and O–H groups in total. The molecule has 3 nitrogen and oxygen atoms in total. The number of aliphatic hydroxyl groups is 1. The third kappa shape index (κ3) is 3.52. The van der Waals surface area contributed by atoms with Crippen LogP contribution in [-0.4, -0.2) is 24.3 Å². The van der Waals surface area contributed by atoms with E-state index in [0.29, 0.717) is 13.1 Å². The summed E-state index contributed by atoms with van der Waals surface area (Å²) in [6.07, 6.45) is -0.415. The van der Waals surface area contributed by atoms with Crippen molar-refractivity contribution in [1.82, 2.24) is 0 Å². The maximum atomic E-state index is 10.5. The standard InChI is InChI=1S/C22H28N2O/c1-14-7-16(3)21(17(4)8-14)23-11-20(25)12-24(13-23)22-18(5)9-15(2)10-19(22)6/h7-10,20,25H,11-12H2,1-6H3. The number of hydrogen-bond donors (Lipinski definition) is 1. The molecule has 2 aromatic rings. The summed E-state index contributed by atoms with van der Waals surface area (Å²) in [6.45, 7) is 17.4. The van der Waals surface area contributed by atoms with Crippen LogP contribution in [0, 0.1) is 48.2 Å². The van der Waals surface area contributed by atoms with Gasteiger partial charge in [-0.25, -0.2) is 0 Å². The Morgan fingerprint density at radius 1 is 0.720 bits per heavy atom. The van der Waals surface area contributed by atoms with Crippen molar-refractivity contribution in [2.45, 2.75) is 47.6 Å². The molecule has 25 heavy (non-hydrogen) atoms. The molecule has 1 heterocycles. The summed E-state index contributed by atoms with van der Waals surface area (Å²) < 4.78 is 0. The van der Waals surface area contributed by atoms with Crippen molar-refractivity contribution < 1.29 is 5.11 Å². The lowest BCUT2D eigenvalue weighted by molar-refractivity contribution is 0.178. The van der Waals surface area contributed by atoms with E-state index in [9.17, 15) is 5.11 Å². The van der Waals surface area contributed by atoms with Gasteiger partial charge in [0.05, 0.1) is 6.10 Å². The molecule has 0 saturated carbocycles. The number of rotatable bonds is 2. The summed E-state index contributed by atoms with van der Waals surface area (Å²) in [6, 6.07) is 8.77. The normalized spacial score (nSPS) is 15.8. The minimum absolute atomic E-state index is 0.415. The monoisotopic (exact) mass is 336 g/mol. The first kappa shape index (κ1) is 17.8. The average molecular weight is 336 g/mol. The molecule has 0 atom stereocenters. The Balaban J connectivity index is 1.99. The summed E-state index contributed by atoms with van der Waals surface area (Å²) in [5.74, 6) is 0. The molecule has 3 rings (SSSR count). The van der Waals surface area contributed by atoms with Gasteiger partial charge in [-0.3, -0.25) is 0 Å². The highest BCUT2D eigenvalue weighted by Gasteiger charge is 2.29. The zero-order valence-electron chi connectivity index (χ0n) is 16.1. The van der Waals surface area contributed by atoms with Gasteiger partial charge in [0.1, 0.15) is 0 Å². The average Bonchev–Trinajstić information content (AvgIpc) is 2.44. The van der Waals surface area contributed by atoms with Crippen molar-refractivity contribution in [2.24, 2.45) is 0 Å². The first-order valence-electron chi connectivity index (χ1n) is 8.91. The summed E-state index contributed by atoms with van der Waals surface area (Å²) in [5.41, 5.74) is 9.70. The van der Waals surface area contributed by atoms with Crippen molar-refractivity contribution in [3.63, 3.8) is 0 Å². The number of anilines is 2. The summed E-state index contributed by atoms with van der Waals surface area (Å²) in [4.78, 5) is 4.16. The Morgan fingerprint density at radius 2 is 1.04 bits per heavy atom. The van der Waals surface area contributed by atoms with Crippen molar-refractivity contribution in [2.75, 3.05) is 22.9 Å². The maximum Gasteiger partial charge on any atom is 0.208 e. The topological polar surface area (TPSA) is 26.7 Å². The number of β-amino-alcohol motifs (C(OH)–C–C–N with tert-alkyl or cyclic N) is 1. The molecule has 1 aliphatic rings. The van der Waals surface area contributed by atoms with Gasteiger partial charge >= 0.3 is 0 Å². The van der Waals surface area contributed by atoms with Crippen LogP contribution in [0.1, 0.15) is 33.4 Å². The van der Waals surface area contributed by atoms with E-state index in [1.54, 1.807) is 0 Å². The van der Waals surface area contributed by atoms with E-state index in [1.807, 2.05) is 0 Å². The Kier molecular flexibility index (Phi) is 4.79. The second kappa shape index (κ2) is 6.72. The van der Waals surface area contributed by atoms with Gasteiger partial charge in [-0.15, -0.1) is 0 Å². The predicted molar refractivity (Wildman–Crippen MR) is 105 cm³/mol. The maximum absolute atomic E-state index is 10.5.